The Morgan fingerprint density at radius 3 is 1.73 bits per heavy atom. The van der Waals surface area contributed by atoms with E-state index in [9.17, 15) is 78.3 Å². The van der Waals surface area contributed by atoms with Crippen LogP contribution in [-0.2, 0) is 65.6 Å². The molecule has 14 N–H and O–H groups in total. The number of aromatic hydroxyl groups is 1. The van der Waals surface area contributed by atoms with Gasteiger partial charge in [-0.25, -0.2) is 4.79 Å². The van der Waals surface area contributed by atoms with E-state index in [1.165, 1.54) is 29.2 Å². The predicted octanol–water partition coefficient (Wildman–Crippen LogP) is -1.97. The van der Waals surface area contributed by atoms with Gasteiger partial charge in [0, 0.05) is 25.8 Å². The Labute approximate surface area is 427 Å². The topological polar surface area (TPSA) is 402 Å². The molecule has 3 rings (SSSR count). The molecule has 0 bridgehead atoms. The van der Waals surface area contributed by atoms with Crippen molar-refractivity contribution in [2.75, 3.05) is 19.7 Å². The zero-order valence-corrected chi connectivity index (χ0v) is 41.7. The van der Waals surface area contributed by atoms with Crippen molar-refractivity contribution in [1.29, 1.82) is 0 Å². The quantitative estimate of drug-likeness (QED) is 0.0404. The molecule has 1 fully saturated rings. The van der Waals surface area contributed by atoms with Crippen LogP contribution >= 0.6 is 0 Å². The number of carboxylic acids is 3. The molecule has 25 heteroatoms. The van der Waals surface area contributed by atoms with Gasteiger partial charge in [-0.2, -0.15) is 0 Å². The average molecular weight is 1040 g/mol. The molecular formula is C49H69N9O16. The number of rotatable bonds is 30. The van der Waals surface area contributed by atoms with Gasteiger partial charge in [-0.15, -0.1) is 0 Å². The molecule has 2 aromatic carbocycles. The van der Waals surface area contributed by atoms with Crippen molar-refractivity contribution in [1.82, 2.24) is 42.1 Å². The van der Waals surface area contributed by atoms with Crippen molar-refractivity contribution in [3.8, 4) is 5.75 Å². The highest BCUT2D eigenvalue weighted by Gasteiger charge is 2.39. The number of likely N-dealkylation sites (tertiary alicyclic amines) is 1. The lowest BCUT2D eigenvalue weighted by Crippen LogP contribution is -2.60. The minimum atomic E-state index is -1.91. The van der Waals surface area contributed by atoms with Crippen molar-refractivity contribution in [3.63, 3.8) is 0 Å². The molecule has 2 aromatic rings. The first-order chi connectivity index (χ1) is 35.0. The second-order valence-corrected chi connectivity index (χ2v) is 18.2. The lowest BCUT2D eigenvalue weighted by atomic mass is 9.97. The maximum atomic E-state index is 14.2. The first kappa shape index (κ1) is 60.6. The fourth-order valence-electron chi connectivity index (χ4n) is 7.80. The Morgan fingerprint density at radius 1 is 0.649 bits per heavy atom. The van der Waals surface area contributed by atoms with E-state index in [0.29, 0.717) is 30.4 Å². The van der Waals surface area contributed by atoms with Gasteiger partial charge in [0.25, 0.3) is 0 Å². The van der Waals surface area contributed by atoms with Gasteiger partial charge < -0.3 is 73.4 Å². The summed E-state index contributed by atoms with van der Waals surface area (Å²) in [4.78, 5) is 145. The number of phenolic OH excluding ortho intramolecular Hbond substituents is 1. The number of aliphatic carboxylic acids is 3. The number of amides is 8. The van der Waals surface area contributed by atoms with Gasteiger partial charge in [0.15, 0.2) is 0 Å². The number of carboxylic acid groups (broad SMARTS) is 3. The van der Waals surface area contributed by atoms with Crippen LogP contribution in [-0.4, -0.2) is 164 Å². The van der Waals surface area contributed by atoms with Gasteiger partial charge >= 0.3 is 17.9 Å². The number of carbonyl (C=O) groups excluding carboxylic acids is 8. The molecular weight excluding hydrogens is 971 g/mol. The summed E-state index contributed by atoms with van der Waals surface area (Å²) in [6.07, 6.45) is -0.943. The minimum absolute atomic E-state index is 0.131. The maximum absolute atomic E-state index is 14.2. The number of benzene rings is 2. The van der Waals surface area contributed by atoms with Crippen LogP contribution < -0.4 is 43.0 Å². The molecule has 0 aromatic heterocycles. The normalized spacial score (nSPS) is 16.7. The third-order valence-corrected chi connectivity index (χ3v) is 12.6. The van der Waals surface area contributed by atoms with Crippen LogP contribution in [0.1, 0.15) is 83.8 Å². The van der Waals surface area contributed by atoms with Crippen LogP contribution in [0, 0.1) is 11.8 Å². The van der Waals surface area contributed by atoms with Crippen molar-refractivity contribution >= 4 is 65.2 Å². The largest absolute Gasteiger partial charge is 0.508 e. The summed E-state index contributed by atoms with van der Waals surface area (Å²) in [5.74, 6) is -12.8. The van der Waals surface area contributed by atoms with Crippen LogP contribution in [0.3, 0.4) is 0 Å². The minimum Gasteiger partial charge on any atom is -0.508 e. The predicted molar refractivity (Wildman–Crippen MR) is 262 cm³/mol. The van der Waals surface area contributed by atoms with Crippen LogP contribution in [0.4, 0.5) is 0 Å². The molecule has 0 aliphatic carbocycles. The zero-order valence-electron chi connectivity index (χ0n) is 41.7. The van der Waals surface area contributed by atoms with Crippen molar-refractivity contribution in [2.24, 2.45) is 17.6 Å². The molecule has 1 aliphatic heterocycles. The maximum Gasteiger partial charge on any atom is 0.326 e. The summed E-state index contributed by atoms with van der Waals surface area (Å²) in [6.45, 7) is 5.15. The van der Waals surface area contributed by atoms with E-state index in [4.69, 9.17) is 5.73 Å². The van der Waals surface area contributed by atoms with E-state index in [1.54, 1.807) is 51.1 Å². The fourth-order valence-corrected chi connectivity index (χ4v) is 7.80. The Kier molecular flexibility index (Phi) is 24.4. The molecule has 1 aliphatic rings. The van der Waals surface area contributed by atoms with Crippen molar-refractivity contribution in [2.45, 2.75) is 134 Å². The van der Waals surface area contributed by atoms with Gasteiger partial charge in [-0.3, -0.25) is 47.9 Å². The number of nitrogens with zero attached hydrogens (tertiary/aromatic N) is 1. The molecule has 8 amide bonds. The highest BCUT2D eigenvalue weighted by atomic mass is 16.4. The molecule has 406 valence electrons. The number of carbonyl (C=O) groups is 11. The van der Waals surface area contributed by atoms with E-state index in [0.717, 1.165) is 0 Å². The number of phenols is 1. The number of nitrogens with two attached hydrogens (primary N) is 1. The monoisotopic (exact) mass is 1040 g/mol. The summed E-state index contributed by atoms with van der Waals surface area (Å²) in [5.41, 5.74) is 7.08. The van der Waals surface area contributed by atoms with Crippen molar-refractivity contribution in [3.05, 3.63) is 65.7 Å². The zero-order chi connectivity index (χ0) is 55.2. The van der Waals surface area contributed by atoms with Crippen LogP contribution in [0.25, 0.3) is 0 Å². The molecule has 0 spiro atoms. The average Bonchev–Trinajstić information content (AvgIpc) is 3.87. The van der Waals surface area contributed by atoms with Gasteiger partial charge in [0.05, 0.1) is 25.6 Å². The third-order valence-electron chi connectivity index (χ3n) is 12.6. The standard InChI is InChI=1S/C49H69N9O16/c1-5-26(3)40(50)48(72)58-20-10-13-36(58)47(71)53-31(18-19-38(62)63)43(67)56-35(25-59)42(66)51-24-37(61)52-34(23-39(64)65)45(69)54-32(22-29-14-16-30(60)17-15-29)44(68)55-33(21-28-11-8-7-9-12-28)46(70)57-41(49(73)74)27(4)6-2/h7-9,11-12,14-17,26-27,31-36,40-41,59-60H,5-6,10,13,18-25,50H2,1-4H3,(H,51,66)(H,52,61)(H,53,71)(H,54,69)(H,55,68)(H,56,67)(H,57,70)(H,62,63)(H,64,65)(H,73,74)/t26-,27-,31-,32-,33-,34-,35-,36-,40-,41-/m0/s1. The molecule has 1 saturated heterocycles. The lowest BCUT2D eigenvalue weighted by Gasteiger charge is -2.30. The summed E-state index contributed by atoms with van der Waals surface area (Å²) >= 11 is 0. The number of aliphatic hydroxyl groups excluding tert-OH is 1. The highest BCUT2D eigenvalue weighted by Crippen LogP contribution is 2.21. The number of nitrogens with one attached hydrogen (secondary N) is 7. The Hall–Kier alpha value is -7.67. The van der Waals surface area contributed by atoms with Crippen LogP contribution in [0.5, 0.6) is 5.75 Å². The van der Waals surface area contributed by atoms with E-state index in [2.05, 4.69) is 37.2 Å². The lowest BCUT2D eigenvalue weighted by molar-refractivity contribution is -0.144. The molecule has 10 atom stereocenters. The van der Waals surface area contributed by atoms with Gasteiger partial charge in [-0.05, 0) is 54.4 Å². The van der Waals surface area contributed by atoms with E-state index in [1.807, 2.05) is 6.92 Å². The van der Waals surface area contributed by atoms with Gasteiger partial charge in [-0.1, -0.05) is 83.0 Å². The highest BCUT2D eigenvalue weighted by molar-refractivity contribution is 5.98. The van der Waals surface area contributed by atoms with E-state index >= 15 is 0 Å². The molecule has 74 heavy (non-hydrogen) atoms. The molecule has 1 heterocycles. The van der Waals surface area contributed by atoms with E-state index in [-0.39, 0.29) is 37.5 Å². The molecule has 25 nitrogen and oxygen atoms in total. The SMILES string of the molecule is CC[C@H](C)[C@H](N)C(=O)N1CCC[C@H]1C(=O)N[C@@H](CCC(=O)O)C(=O)N[C@@H](CO)C(=O)NCC(=O)N[C@@H](CC(=O)O)C(=O)N[C@@H](Cc1ccc(O)cc1)C(=O)N[C@@H](Cc1ccccc1)C(=O)N[C@H](C(=O)O)[C@@H](C)CC. The van der Waals surface area contributed by atoms with Crippen LogP contribution in [0.2, 0.25) is 0 Å². The molecule has 0 radical (unpaired) electrons. The molecule has 0 unspecified atom stereocenters. The summed E-state index contributed by atoms with van der Waals surface area (Å²) < 4.78 is 0. The smallest absolute Gasteiger partial charge is 0.326 e. The fraction of sp³-hybridized carbons (Fsp3) is 0.531. The van der Waals surface area contributed by atoms with Crippen molar-refractivity contribution < 1.29 is 78.3 Å². The number of hydrogen-bond acceptors (Lipinski definition) is 14. The second kappa shape index (κ2) is 29.7. The summed E-state index contributed by atoms with van der Waals surface area (Å²) in [7, 11) is 0. The van der Waals surface area contributed by atoms with Crippen LogP contribution in [0.15, 0.2) is 54.6 Å². The van der Waals surface area contributed by atoms with Gasteiger partial charge in [0.1, 0.15) is 48.0 Å². The number of aliphatic hydroxyl groups is 1. The third kappa shape index (κ3) is 19.1. The first-order valence-electron chi connectivity index (χ1n) is 24.2. The molecule has 0 saturated carbocycles. The van der Waals surface area contributed by atoms with E-state index < -0.39 is 152 Å². The second-order valence-electron chi connectivity index (χ2n) is 18.2. The Balaban J connectivity index is 1.78. The summed E-state index contributed by atoms with van der Waals surface area (Å²) in [6, 6.07) is 2.28. The first-order valence-corrected chi connectivity index (χ1v) is 24.2. The van der Waals surface area contributed by atoms with Gasteiger partial charge in [0.2, 0.25) is 47.3 Å². The summed E-state index contributed by atoms with van der Waals surface area (Å²) in [5, 5.41) is 65.3. The number of hydrogen-bond donors (Lipinski definition) is 13. The Bertz CT molecular complexity index is 2300. The Morgan fingerprint density at radius 2 is 1.19 bits per heavy atom.